The quantitative estimate of drug-likeness (QED) is 0.887. The van der Waals surface area contributed by atoms with E-state index in [4.69, 9.17) is 15.6 Å². The summed E-state index contributed by atoms with van der Waals surface area (Å²) in [5, 5.41) is 9.04. The summed E-state index contributed by atoms with van der Waals surface area (Å²) in [4.78, 5) is 14.9. The summed E-state index contributed by atoms with van der Waals surface area (Å²) in [6.45, 7) is 1.56. The van der Waals surface area contributed by atoms with Gasteiger partial charge in [0.1, 0.15) is 17.5 Å². The molecule has 7 heteroatoms. The number of aromatic nitrogens is 1. The third kappa shape index (κ3) is 3.20. The van der Waals surface area contributed by atoms with Crippen molar-refractivity contribution >= 4 is 11.8 Å². The minimum atomic E-state index is -1.69. The van der Waals surface area contributed by atoms with E-state index in [1.54, 1.807) is 13.0 Å². The van der Waals surface area contributed by atoms with Crippen LogP contribution in [0.4, 0.5) is 14.6 Å². The molecule has 0 aliphatic heterocycles. The third-order valence-corrected chi connectivity index (χ3v) is 3.02. The van der Waals surface area contributed by atoms with Gasteiger partial charge in [-0.1, -0.05) is 0 Å². The number of nitrogens with two attached hydrogens (primary N) is 1. The number of nitrogens with zero attached hydrogens (tertiary/aromatic N) is 1. The average molecular weight is 308 g/mol. The van der Waals surface area contributed by atoms with Gasteiger partial charge in [0.2, 0.25) is 0 Å². The number of benzene rings is 1. The van der Waals surface area contributed by atoms with Crippen molar-refractivity contribution in [3.8, 4) is 11.1 Å². The zero-order valence-corrected chi connectivity index (χ0v) is 11.7. The third-order valence-electron chi connectivity index (χ3n) is 3.02. The van der Waals surface area contributed by atoms with Crippen molar-refractivity contribution < 1.29 is 23.4 Å². The maximum atomic E-state index is 14.2. The molecule has 0 aliphatic rings. The van der Waals surface area contributed by atoms with E-state index in [0.29, 0.717) is 5.56 Å². The molecule has 5 nitrogen and oxygen atoms in total. The van der Waals surface area contributed by atoms with Crippen LogP contribution in [0.3, 0.4) is 0 Å². The van der Waals surface area contributed by atoms with E-state index >= 15 is 0 Å². The molecule has 1 heterocycles. The minimum Gasteiger partial charge on any atom is -0.479 e. The summed E-state index contributed by atoms with van der Waals surface area (Å²) >= 11 is 0. The van der Waals surface area contributed by atoms with Crippen molar-refractivity contribution in [2.75, 3.05) is 12.3 Å². The Bertz CT molecular complexity index is 667. The molecular formula is C15H14F2N2O3. The number of hydrogen-bond acceptors (Lipinski definition) is 4. The molecule has 22 heavy (non-hydrogen) atoms. The fourth-order valence-electron chi connectivity index (χ4n) is 2.02. The van der Waals surface area contributed by atoms with E-state index in [1.165, 1.54) is 12.3 Å². The molecule has 2 aromatic rings. The second kappa shape index (κ2) is 6.48. The predicted octanol–water partition coefficient (Wildman–Crippen LogP) is 2.77. The van der Waals surface area contributed by atoms with E-state index in [1.807, 2.05) is 0 Å². The fraction of sp³-hybridized carbons (Fsp3) is 0.200. The van der Waals surface area contributed by atoms with Gasteiger partial charge in [-0.25, -0.2) is 18.6 Å². The number of pyridine rings is 1. The lowest BCUT2D eigenvalue weighted by molar-refractivity contribution is -0.151. The smallest absolute Gasteiger partial charge is 0.337 e. The topological polar surface area (TPSA) is 85.4 Å². The molecule has 1 unspecified atom stereocenters. The molecular weight excluding hydrogens is 294 g/mol. The number of hydrogen-bond donors (Lipinski definition) is 2. The molecule has 1 atom stereocenters. The normalized spacial score (nSPS) is 12.1. The van der Waals surface area contributed by atoms with Crippen LogP contribution in [0.1, 0.15) is 18.6 Å². The van der Waals surface area contributed by atoms with Crippen molar-refractivity contribution in [2.24, 2.45) is 0 Å². The van der Waals surface area contributed by atoms with Crippen LogP contribution in [0.2, 0.25) is 0 Å². The van der Waals surface area contributed by atoms with E-state index in [0.717, 1.165) is 12.1 Å². The summed E-state index contributed by atoms with van der Waals surface area (Å²) in [6, 6.07) is 5.15. The lowest BCUT2D eigenvalue weighted by Gasteiger charge is -2.15. The number of carboxylic acid groups (broad SMARTS) is 1. The number of carbonyl (C=O) groups is 1. The fourth-order valence-corrected chi connectivity index (χ4v) is 2.02. The highest BCUT2D eigenvalue weighted by Gasteiger charge is 2.28. The Kier molecular flexibility index (Phi) is 4.67. The highest BCUT2D eigenvalue weighted by molar-refractivity contribution is 5.75. The molecule has 2 rings (SSSR count). The maximum absolute atomic E-state index is 14.2. The number of anilines is 1. The molecule has 0 radical (unpaired) electrons. The van der Waals surface area contributed by atoms with E-state index in [9.17, 15) is 13.6 Å². The van der Waals surface area contributed by atoms with Crippen LogP contribution in [-0.2, 0) is 9.53 Å². The van der Waals surface area contributed by atoms with Gasteiger partial charge in [-0.2, -0.15) is 0 Å². The van der Waals surface area contributed by atoms with Gasteiger partial charge in [0.15, 0.2) is 6.10 Å². The lowest BCUT2D eigenvalue weighted by atomic mass is 10.0. The molecule has 116 valence electrons. The van der Waals surface area contributed by atoms with Crippen LogP contribution in [0, 0.1) is 11.6 Å². The maximum Gasteiger partial charge on any atom is 0.337 e. The first-order valence-corrected chi connectivity index (χ1v) is 6.49. The zero-order chi connectivity index (χ0) is 16.3. The predicted molar refractivity (Wildman–Crippen MR) is 76.0 cm³/mol. The first-order chi connectivity index (χ1) is 10.4. The van der Waals surface area contributed by atoms with Gasteiger partial charge in [-0.05, 0) is 36.8 Å². The van der Waals surface area contributed by atoms with Crippen molar-refractivity contribution in [3.05, 3.63) is 47.7 Å². The summed E-state index contributed by atoms with van der Waals surface area (Å²) in [7, 11) is 0. The largest absolute Gasteiger partial charge is 0.479 e. The number of ether oxygens (including phenoxy) is 1. The van der Waals surface area contributed by atoms with Crippen molar-refractivity contribution in [1.82, 2.24) is 4.98 Å². The second-order valence-corrected chi connectivity index (χ2v) is 4.50. The molecule has 0 aliphatic carbocycles. The number of rotatable bonds is 5. The Morgan fingerprint density at radius 2 is 1.95 bits per heavy atom. The van der Waals surface area contributed by atoms with Crippen molar-refractivity contribution in [1.29, 1.82) is 0 Å². The molecule has 1 aromatic heterocycles. The van der Waals surface area contributed by atoms with Crippen molar-refractivity contribution in [2.45, 2.75) is 13.0 Å². The van der Waals surface area contributed by atoms with E-state index in [2.05, 4.69) is 4.98 Å². The molecule has 0 bridgehead atoms. The minimum absolute atomic E-state index is 0.0134. The molecule has 0 saturated heterocycles. The summed E-state index contributed by atoms with van der Waals surface area (Å²) in [6.07, 6.45) is -0.316. The van der Waals surface area contributed by atoms with E-state index in [-0.39, 0.29) is 18.0 Å². The first kappa shape index (κ1) is 15.8. The van der Waals surface area contributed by atoms with Gasteiger partial charge in [0.25, 0.3) is 0 Å². The Morgan fingerprint density at radius 1 is 1.32 bits per heavy atom. The number of aliphatic carboxylic acids is 1. The summed E-state index contributed by atoms with van der Waals surface area (Å²) in [5.74, 6) is -3.16. The number of carboxylic acids is 1. The molecule has 1 aromatic carbocycles. The molecule has 0 saturated carbocycles. The highest BCUT2D eigenvalue weighted by atomic mass is 19.1. The van der Waals surface area contributed by atoms with Gasteiger partial charge in [-0.15, -0.1) is 0 Å². The average Bonchev–Trinajstić information content (AvgIpc) is 2.46. The standard InChI is InChI=1S/C15H14F2N2O3/c1-2-22-14(15(20)21)13-10(16)5-9(6-11(13)17)8-3-4-12(18)19-7-8/h3-7,14H,2H2,1H3,(H2,18,19)(H,20,21). The van der Waals surface area contributed by atoms with Crippen molar-refractivity contribution in [3.63, 3.8) is 0 Å². The first-order valence-electron chi connectivity index (χ1n) is 6.49. The SMILES string of the molecule is CCOC(C(=O)O)c1c(F)cc(-c2ccc(N)nc2)cc1F. The van der Waals surface area contributed by atoms with Crippen LogP contribution in [0.25, 0.3) is 11.1 Å². The van der Waals surface area contributed by atoms with Gasteiger partial charge in [-0.3, -0.25) is 0 Å². The van der Waals surface area contributed by atoms with Crippen LogP contribution >= 0.6 is 0 Å². The van der Waals surface area contributed by atoms with Gasteiger partial charge in [0, 0.05) is 18.4 Å². The van der Waals surface area contributed by atoms with Gasteiger partial charge < -0.3 is 15.6 Å². The highest BCUT2D eigenvalue weighted by Crippen LogP contribution is 2.29. The van der Waals surface area contributed by atoms with Gasteiger partial charge >= 0.3 is 5.97 Å². The number of nitrogen functional groups attached to an aromatic ring is 1. The van der Waals surface area contributed by atoms with Gasteiger partial charge in [0.05, 0.1) is 5.56 Å². The zero-order valence-electron chi connectivity index (χ0n) is 11.7. The lowest BCUT2D eigenvalue weighted by Crippen LogP contribution is -2.18. The van der Waals surface area contributed by atoms with Crippen LogP contribution in [0.15, 0.2) is 30.5 Å². The number of halogens is 2. The Hall–Kier alpha value is -2.54. The van der Waals surface area contributed by atoms with Crippen LogP contribution in [-0.4, -0.2) is 22.7 Å². The van der Waals surface area contributed by atoms with Crippen LogP contribution < -0.4 is 5.73 Å². The summed E-state index contributed by atoms with van der Waals surface area (Å²) in [5.41, 5.74) is 5.52. The molecule has 0 fully saturated rings. The summed E-state index contributed by atoms with van der Waals surface area (Å²) < 4.78 is 33.3. The second-order valence-electron chi connectivity index (χ2n) is 4.50. The Balaban J connectivity index is 2.48. The molecule has 0 spiro atoms. The van der Waals surface area contributed by atoms with Crippen LogP contribution in [0.5, 0.6) is 0 Å². The van der Waals surface area contributed by atoms with E-state index < -0.39 is 29.3 Å². The molecule has 0 amide bonds. The molecule has 3 N–H and O–H groups in total. The monoisotopic (exact) mass is 308 g/mol. The Labute approximate surface area is 125 Å². The Morgan fingerprint density at radius 3 is 2.41 bits per heavy atom.